The first-order valence-corrected chi connectivity index (χ1v) is 9.65. The molecule has 1 aliphatic heterocycles. The van der Waals surface area contributed by atoms with E-state index in [-0.39, 0.29) is 11.5 Å². The monoisotopic (exact) mass is 337 g/mol. The zero-order chi connectivity index (χ0) is 17.4. The molecule has 4 rings (SSSR count). The van der Waals surface area contributed by atoms with Gasteiger partial charge in [0, 0.05) is 33.9 Å². The first kappa shape index (κ1) is 18.2. The number of rotatable bonds is 10. The van der Waals surface area contributed by atoms with Crippen LogP contribution in [0.5, 0.6) is 0 Å². The van der Waals surface area contributed by atoms with Gasteiger partial charge in [-0.05, 0) is 49.4 Å². The van der Waals surface area contributed by atoms with Crippen LogP contribution in [0.25, 0.3) is 0 Å². The molecule has 4 nitrogen and oxygen atoms in total. The lowest BCUT2D eigenvalue weighted by molar-refractivity contribution is -0.225. The van der Waals surface area contributed by atoms with Crippen molar-refractivity contribution in [2.24, 2.45) is 16.2 Å². The van der Waals surface area contributed by atoms with Crippen molar-refractivity contribution >= 4 is 5.91 Å². The van der Waals surface area contributed by atoms with E-state index in [9.17, 15) is 4.79 Å². The van der Waals surface area contributed by atoms with Crippen LogP contribution in [0, 0.1) is 16.2 Å². The predicted octanol–water partition coefficient (Wildman–Crippen LogP) is 3.64. The highest BCUT2D eigenvalue weighted by Crippen LogP contribution is 2.75. The van der Waals surface area contributed by atoms with Crippen LogP contribution in [0.1, 0.15) is 65.2 Å². The number of hydrogen-bond acceptors (Lipinski definition) is 3. The largest absolute Gasteiger partial charge is 0.385 e. The second kappa shape index (κ2) is 6.60. The van der Waals surface area contributed by atoms with Crippen molar-refractivity contribution in [3.8, 4) is 0 Å². The van der Waals surface area contributed by atoms with Crippen LogP contribution in [-0.2, 0) is 14.3 Å². The van der Waals surface area contributed by atoms with E-state index in [0.717, 1.165) is 45.4 Å². The molecule has 0 aromatic heterocycles. The van der Waals surface area contributed by atoms with Gasteiger partial charge in [-0.1, -0.05) is 26.7 Å². The number of likely N-dealkylation sites (tertiary alicyclic amines) is 1. The van der Waals surface area contributed by atoms with Gasteiger partial charge in [-0.15, -0.1) is 0 Å². The molecule has 138 valence electrons. The summed E-state index contributed by atoms with van der Waals surface area (Å²) in [4.78, 5) is 14.6. The van der Waals surface area contributed by atoms with Gasteiger partial charge in [0.15, 0.2) is 0 Å². The first-order valence-electron chi connectivity index (χ1n) is 9.65. The van der Waals surface area contributed by atoms with E-state index >= 15 is 0 Å². The van der Waals surface area contributed by atoms with E-state index < -0.39 is 0 Å². The van der Waals surface area contributed by atoms with Crippen molar-refractivity contribution in [2.45, 2.75) is 71.3 Å². The second-order valence-electron chi connectivity index (χ2n) is 9.49. The molecule has 1 amide bonds. The molecule has 0 radical (unpaired) electrons. The number of ether oxygens (including phenoxy) is 2. The van der Waals surface area contributed by atoms with Gasteiger partial charge in [-0.3, -0.25) is 4.79 Å². The highest BCUT2D eigenvalue weighted by Gasteiger charge is 2.71. The molecule has 0 unspecified atom stereocenters. The van der Waals surface area contributed by atoms with E-state index in [0.29, 0.717) is 16.7 Å². The summed E-state index contributed by atoms with van der Waals surface area (Å²) in [6.45, 7) is 7.17. The second-order valence-corrected chi connectivity index (χ2v) is 9.49. The average molecular weight is 338 g/mol. The molecule has 3 saturated carbocycles. The molecule has 4 aliphatic rings. The Morgan fingerprint density at radius 1 is 1.12 bits per heavy atom. The van der Waals surface area contributed by atoms with Crippen LogP contribution >= 0.6 is 0 Å². The summed E-state index contributed by atoms with van der Waals surface area (Å²) in [6.07, 6.45) is 10.1. The molecule has 0 aromatic rings. The van der Waals surface area contributed by atoms with Crippen molar-refractivity contribution < 1.29 is 14.3 Å². The maximum absolute atomic E-state index is 12.6. The Labute approximate surface area is 147 Å². The lowest BCUT2D eigenvalue weighted by atomic mass is 9.33. The van der Waals surface area contributed by atoms with Crippen LogP contribution in [0.15, 0.2) is 0 Å². The Hall–Kier alpha value is -0.610. The number of nitrogens with zero attached hydrogens (tertiary/aromatic N) is 1. The predicted molar refractivity (Wildman–Crippen MR) is 94.8 cm³/mol. The maximum Gasteiger partial charge on any atom is 0.229 e. The normalized spacial score (nSPS) is 32.1. The fourth-order valence-corrected chi connectivity index (χ4v) is 5.19. The Balaban J connectivity index is 1.31. The Kier molecular flexibility index (Phi) is 5.00. The van der Waals surface area contributed by atoms with Crippen LogP contribution in [0.4, 0.5) is 0 Å². The topological polar surface area (TPSA) is 38.8 Å². The van der Waals surface area contributed by atoms with Crippen LogP contribution in [0.2, 0.25) is 0 Å². The van der Waals surface area contributed by atoms with Gasteiger partial charge in [0.1, 0.15) is 0 Å². The lowest BCUT2D eigenvalue weighted by Crippen LogP contribution is -2.70. The van der Waals surface area contributed by atoms with Crippen molar-refractivity contribution in [1.82, 2.24) is 4.90 Å². The van der Waals surface area contributed by atoms with Gasteiger partial charge in [0.05, 0.1) is 11.5 Å². The number of carbonyl (C=O) groups excluding carboxylic acids is 1. The van der Waals surface area contributed by atoms with Crippen molar-refractivity contribution in [3.63, 3.8) is 0 Å². The summed E-state index contributed by atoms with van der Waals surface area (Å²) in [5, 5.41) is 0. The molecule has 2 bridgehead atoms. The Morgan fingerprint density at radius 3 is 2.38 bits per heavy atom. The molecule has 0 aromatic carbocycles. The van der Waals surface area contributed by atoms with E-state index in [1.807, 2.05) is 4.90 Å². The summed E-state index contributed by atoms with van der Waals surface area (Å²) in [6, 6.07) is 0. The fraction of sp³-hybridized carbons (Fsp3) is 0.950. The van der Waals surface area contributed by atoms with Crippen LogP contribution in [0.3, 0.4) is 0 Å². The first-order chi connectivity index (χ1) is 11.3. The summed E-state index contributed by atoms with van der Waals surface area (Å²) in [5.41, 5.74) is 0.955. The molecule has 1 heterocycles. The molecule has 1 saturated heterocycles. The van der Waals surface area contributed by atoms with Crippen LogP contribution < -0.4 is 0 Å². The summed E-state index contributed by atoms with van der Waals surface area (Å²) in [5.74, 6) is 0.415. The molecule has 4 heteroatoms. The zero-order valence-electron chi connectivity index (χ0n) is 16.0. The van der Waals surface area contributed by atoms with E-state index in [1.165, 1.54) is 25.7 Å². The number of carbonyl (C=O) groups is 1. The third-order valence-corrected chi connectivity index (χ3v) is 6.86. The fourth-order valence-electron chi connectivity index (χ4n) is 5.19. The van der Waals surface area contributed by atoms with Gasteiger partial charge in [-0.2, -0.15) is 0 Å². The van der Waals surface area contributed by atoms with Crippen LogP contribution in [-0.4, -0.2) is 50.8 Å². The SMILES string of the molecule is COCCC(C)(C)CCCCC12CC(C(=O)N3CC(OC)C3)(C1)C2. The zero-order valence-corrected chi connectivity index (χ0v) is 16.0. The molecule has 0 N–H and O–H groups in total. The maximum atomic E-state index is 12.6. The minimum atomic E-state index is 0.0381. The molecule has 24 heavy (non-hydrogen) atoms. The molecular weight excluding hydrogens is 302 g/mol. The summed E-state index contributed by atoms with van der Waals surface area (Å²) < 4.78 is 10.5. The van der Waals surface area contributed by atoms with Gasteiger partial charge in [0.25, 0.3) is 0 Å². The van der Waals surface area contributed by atoms with Crippen molar-refractivity contribution in [3.05, 3.63) is 0 Å². The number of amides is 1. The molecular formula is C20H35NO3. The van der Waals surface area contributed by atoms with E-state index in [4.69, 9.17) is 9.47 Å². The Bertz CT molecular complexity index is 448. The van der Waals surface area contributed by atoms with E-state index in [2.05, 4.69) is 13.8 Å². The standard InChI is InChI=1S/C20H35NO3/c1-18(2,9-10-23-3)7-5-6-8-19-13-20(14-19,15-19)17(22)21-11-16(12-21)24-4/h16H,5-15H2,1-4H3. The van der Waals surface area contributed by atoms with Crippen molar-refractivity contribution in [1.29, 1.82) is 0 Å². The molecule has 0 spiro atoms. The Morgan fingerprint density at radius 2 is 1.79 bits per heavy atom. The summed E-state index contributed by atoms with van der Waals surface area (Å²) in [7, 11) is 3.52. The molecule has 4 fully saturated rings. The molecule has 0 atom stereocenters. The van der Waals surface area contributed by atoms with Gasteiger partial charge in [-0.25, -0.2) is 0 Å². The number of methoxy groups -OCH3 is 2. The highest BCUT2D eigenvalue weighted by atomic mass is 16.5. The van der Waals surface area contributed by atoms with Gasteiger partial charge < -0.3 is 14.4 Å². The van der Waals surface area contributed by atoms with Gasteiger partial charge in [0.2, 0.25) is 5.91 Å². The van der Waals surface area contributed by atoms with Crippen molar-refractivity contribution in [2.75, 3.05) is 33.9 Å². The lowest BCUT2D eigenvalue weighted by Gasteiger charge is -2.71. The number of hydrogen-bond donors (Lipinski definition) is 0. The summed E-state index contributed by atoms with van der Waals surface area (Å²) >= 11 is 0. The average Bonchev–Trinajstić information content (AvgIpc) is 2.40. The molecule has 3 aliphatic carbocycles. The minimum Gasteiger partial charge on any atom is -0.385 e. The quantitative estimate of drug-likeness (QED) is 0.571. The third kappa shape index (κ3) is 3.37. The highest BCUT2D eigenvalue weighted by molar-refractivity contribution is 5.87. The minimum absolute atomic E-state index is 0.0381. The smallest absolute Gasteiger partial charge is 0.229 e. The third-order valence-electron chi connectivity index (χ3n) is 6.86. The van der Waals surface area contributed by atoms with E-state index in [1.54, 1.807) is 14.2 Å². The number of unbranched alkanes of at least 4 members (excludes halogenated alkanes) is 1. The van der Waals surface area contributed by atoms with Gasteiger partial charge >= 0.3 is 0 Å².